The second kappa shape index (κ2) is 7.10. The normalized spacial score (nSPS) is 17.8. The lowest BCUT2D eigenvalue weighted by atomic mass is 9.96. The SMILES string of the molecule is CNC(=O)c1ccc(N2CCN(CC(F)(F)F)CC2(C)C)c([N+](=O)[O-])c1. The Balaban J connectivity index is 2.33. The molecule has 10 heteroatoms. The van der Waals surface area contributed by atoms with Crippen LogP contribution in [-0.2, 0) is 0 Å². The largest absolute Gasteiger partial charge is 0.401 e. The van der Waals surface area contributed by atoms with E-state index < -0.39 is 29.1 Å². The second-order valence-electron chi connectivity index (χ2n) is 6.83. The molecule has 1 saturated heterocycles. The van der Waals surface area contributed by atoms with Gasteiger partial charge >= 0.3 is 6.18 Å². The lowest BCUT2D eigenvalue weighted by Crippen LogP contribution is -2.60. The summed E-state index contributed by atoms with van der Waals surface area (Å²) in [7, 11) is 1.42. The van der Waals surface area contributed by atoms with Crippen LogP contribution in [0.5, 0.6) is 0 Å². The van der Waals surface area contributed by atoms with Crippen molar-refractivity contribution in [2.75, 3.05) is 38.1 Å². The number of carbonyl (C=O) groups excluding carboxylic acids is 1. The van der Waals surface area contributed by atoms with E-state index in [0.29, 0.717) is 5.69 Å². The van der Waals surface area contributed by atoms with Gasteiger partial charge in [0.25, 0.3) is 11.6 Å². The van der Waals surface area contributed by atoms with Gasteiger partial charge in [-0.05, 0) is 26.0 Å². The number of hydrogen-bond donors (Lipinski definition) is 1. The fourth-order valence-corrected chi connectivity index (χ4v) is 3.27. The summed E-state index contributed by atoms with van der Waals surface area (Å²) in [6.07, 6.45) is -4.29. The third-order valence-electron chi connectivity index (χ3n) is 4.34. The van der Waals surface area contributed by atoms with Gasteiger partial charge in [-0.2, -0.15) is 13.2 Å². The van der Waals surface area contributed by atoms with Crippen LogP contribution in [0.4, 0.5) is 24.5 Å². The zero-order valence-corrected chi connectivity index (χ0v) is 14.8. The summed E-state index contributed by atoms with van der Waals surface area (Å²) < 4.78 is 38.0. The molecule has 1 heterocycles. The average molecular weight is 374 g/mol. The van der Waals surface area contributed by atoms with E-state index in [1.807, 2.05) is 0 Å². The summed E-state index contributed by atoms with van der Waals surface area (Å²) in [5.41, 5.74) is -0.554. The average Bonchev–Trinajstić information content (AvgIpc) is 2.51. The van der Waals surface area contributed by atoms with Gasteiger partial charge < -0.3 is 10.2 Å². The molecule has 144 valence electrons. The Morgan fingerprint density at radius 2 is 2.00 bits per heavy atom. The monoisotopic (exact) mass is 374 g/mol. The molecule has 0 aromatic heterocycles. The number of amides is 1. The van der Waals surface area contributed by atoms with Crippen molar-refractivity contribution in [2.24, 2.45) is 0 Å². The molecule has 0 aliphatic carbocycles. The van der Waals surface area contributed by atoms with Gasteiger partial charge in [-0.3, -0.25) is 19.8 Å². The summed E-state index contributed by atoms with van der Waals surface area (Å²) in [6.45, 7) is 2.93. The van der Waals surface area contributed by atoms with Crippen LogP contribution in [0.25, 0.3) is 0 Å². The first kappa shape index (κ1) is 20.0. The minimum absolute atomic E-state index is 0.112. The smallest absolute Gasteiger partial charge is 0.358 e. The molecule has 0 atom stereocenters. The molecule has 0 radical (unpaired) electrons. The summed E-state index contributed by atoms with van der Waals surface area (Å²) in [6, 6.07) is 4.13. The molecular formula is C16H21F3N4O3. The minimum Gasteiger partial charge on any atom is -0.358 e. The van der Waals surface area contributed by atoms with Gasteiger partial charge in [0, 0.05) is 43.9 Å². The van der Waals surface area contributed by atoms with Crippen LogP contribution in [0.1, 0.15) is 24.2 Å². The molecule has 0 unspecified atom stereocenters. The van der Waals surface area contributed by atoms with E-state index in [-0.39, 0.29) is 30.9 Å². The molecule has 1 amide bonds. The Bertz CT molecular complexity index is 706. The van der Waals surface area contributed by atoms with Crippen molar-refractivity contribution < 1.29 is 22.9 Å². The number of benzene rings is 1. The van der Waals surface area contributed by atoms with Crippen LogP contribution >= 0.6 is 0 Å². The summed E-state index contributed by atoms with van der Waals surface area (Å²) in [5, 5.41) is 13.9. The highest BCUT2D eigenvalue weighted by molar-refractivity contribution is 5.95. The van der Waals surface area contributed by atoms with Gasteiger partial charge in [-0.1, -0.05) is 0 Å². The number of hydrogen-bond acceptors (Lipinski definition) is 5. The van der Waals surface area contributed by atoms with E-state index in [2.05, 4.69) is 5.32 Å². The van der Waals surface area contributed by atoms with E-state index in [1.165, 1.54) is 30.1 Å². The minimum atomic E-state index is -4.29. The second-order valence-corrected chi connectivity index (χ2v) is 6.83. The van der Waals surface area contributed by atoms with E-state index in [0.717, 1.165) is 0 Å². The topological polar surface area (TPSA) is 78.7 Å². The van der Waals surface area contributed by atoms with E-state index in [4.69, 9.17) is 0 Å². The number of nitro benzene ring substituents is 1. The Kier molecular flexibility index (Phi) is 5.45. The number of nitrogens with one attached hydrogen (secondary N) is 1. The Hall–Kier alpha value is -2.36. The first-order chi connectivity index (χ1) is 11.9. The number of alkyl halides is 3. The fourth-order valence-electron chi connectivity index (χ4n) is 3.27. The quantitative estimate of drug-likeness (QED) is 0.647. The zero-order chi connectivity index (χ0) is 19.7. The van der Waals surface area contributed by atoms with Crippen LogP contribution in [-0.4, -0.2) is 60.7 Å². The van der Waals surface area contributed by atoms with E-state index in [9.17, 15) is 28.1 Å². The van der Waals surface area contributed by atoms with Crippen LogP contribution in [0, 0.1) is 10.1 Å². The highest BCUT2D eigenvalue weighted by atomic mass is 19.4. The summed E-state index contributed by atoms with van der Waals surface area (Å²) in [4.78, 5) is 25.6. The lowest BCUT2D eigenvalue weighted by molar-refractivity contribution is -0.384. The molecule has 26 heavy (non-hydrogen) atoms. The van der Waals surface area contributed by atoms with Crippen LogP contribution in [0.15, 0.2) is 18.2 Å². The number of rotatable bonds is 4. The maximum atomic E-state index is 12.7. The molecule has 1 aromatic rings. The molecule has 7 nitrogen and oxygen atoms in total. The van der Waals surface area contributed by atoms with Crippen molar-refractivity contribution in [2.45, 2.75) is 25.6 Å². The number of anilines is 1. The standard InChI is InChI=1S/C16H21F3N4O3/c1-15(2)9-21(10-16(17,18)19)6-7-22(15)12-5-4-11(14(24)20-3)8-13(12)23(25)26/h4-5,8H,6-7,9-10H2,1-3H3,(H,20,24). The first-order valence-electron chi connectivity index (χ1n) is 8.02. The first-order valence-corrected chi connectivity index (χ1v) is 8.02. The van der Waals surface area contributed by atoms with Crippen molar-refractivity contribution >= 4 is 17.3 Å². The highest BCUT2D eigenvalue weighted by Crippen LogP contribution is 2.36. The molecule has 0 bridgehead atoms. The number of carbonyl (C=O) groups is 1. The van der Waals surface area contributed by atoms with Gasteiger partial charge in [0.05, 0.1) is 11.5 Å². The number of nitro groups is 1. The molecule has 1 fully saturated rings. The highest BCUT2D eigenvalue weighted by Gasteiger charge is 2.40. The Morgan fingerprint density at radius 1 is 1.35 bits per heavy atom. The molecular weight excluding hydrogens is 353 g/mol. The van der Waals surface area contributed by atoms with Gasteiger partial charge in [0.2, 0.25) is 0 Å². The molecule has 0 spiro atoms. The van der Waals surface area contributed by atoms with Crippen molar-refractivity contribution in [3.05, 3.63) is 33.9 Å². The van der Waals surface area contributed by atoms with Crippen LogP contribution in [0.2, 0.25) is 0 Å². The predicted octanol–water partition coefficient (Wildman–Crippen LogP) is 2.42. The molecule has 1 aliphatic rings. The predicted molar refractivity (Wildman–Crippen MR) is 90.4 cm³/mol. The maximum absolute atomic E-state index is 12.7. The van der Waals surface area contributed by atoms with Crippen LogP contribution < -0.4 is 10.2 Å². The molecule has 1 aliphatic heterocycles. The summed E-state index contributed by atoms with van der Waals surface area (Å²) >= 11 is 0. The number of piperazine rings is 1. The lowest BCUT2D eigenvalue weighted by Gasteiger charge is -2.48. The van der Waals surface area contributed by atoms with Gasteiger partial charge in [0.1, 0.15) is 5.69 Å². The van der Waals surface area contributed by atoms with Gasteiger partial charge in [-0.15, -0.1) is 0 Å². The third-order valence-corrected chi connectivity index (χ3v) is 4.34. The van der Waals surface area contributed by atoms with Crippen molar-refractivity contribution in [1.82, 2.24) is 10.2 Å². The maximum Gasteiger partial charge on any atom is 0.401 e. The van der Waals surface area contributed by atoms with Crippen molar-refractivity contribution in [3.63, 3.8) is 0 Å². The fraction of sp³-hybridized carbons (Fsp3) is 0.562. The van der Waals surface area contributed by atoms with Crippen LogP contribution in [0.3, 0.4) is 0 Å². The van der Waals surface area contributed by atoms with E-state index in [1.54, 1.807) is 18.7 Å². The van der Waals surface area contributed by atoms with Crippen molar-refractivity contribution in [3.8, 4) is 0 Å². The van der Waals surface area contributed by atoms with Gasteiger partial charge in [-0.25, -0.2) is 0 Å². The Morgan fingerprint density at radius 3 is 2.50 bits per heavy atom. The third kappa shape index (κ3) is 4.43. The van der Waals surface area contributed by atoms with Crippen molar-refractivity contribution in [1.29, 1.82) is 0 Å². The van der Waals surface area contributed by atoms with Gasteiger partial charge in [0.15, 0.2) is 0 Å². The Labute approximate surface area is 148 Å². The molecule has 2 rings (SSSR count). The van der Waals surface area contributed by atoms with E-state index >= 15 is 0 Å². The summed E-state index contributed by atoms with van der Waals surface area (Å²) in [5.74, 6) is -0.450. The molecule has 1 aromatic carbocycles. The number of nitrogens with zero attached hydrogens (tertiary/aromatic N) is 3. The zero-order valence-electron chi connectivity index (χ0n) is 14.8. The number of halogens is 3. The molecule has 0 saturated carbocycles. The molecule has 1 N–H and O–H groups in total.